The smallest absolute Gasteiger partial charge is 0.260 e. The van der Waals surface area contributed by atoms with E-state index < -0.39 is 0 Å². The van der Waals surface area contributed by atoms with Crippen LogP contribution in [0.25, 0.3) is 32.8 Å². The minimum atomic E-state index is -0.0492. The van der Waals surface area contributed by atoms with Crippen LogP contribution in [0.3, 0.4) is 0 Å². The van der Waals surface area contributed by atoms with Crippen LogP contribution in [0, 0.1) is 12.8 Å². The van der Waals surface area contributed by atoms with Crippen molar-refractivity contribution in [2.45, 2.75) is 33.1 Å². The lowest BCUT2D eigenvalue weighted by Gasteiger charge is -2.17. The summed E-state index contributed by atoms with van der Waals surface area (Å²) in [6.07, 6.45) is 3.17. The average Bonchev–Trinajstić information content (AvgIpc) is 3.12. The summed E-state index contributed by atoms with van der Waals surface area (Å²) in [5.41, 5.74) is 2.98. The molecule has 1 N–H and O–H groups in total. The number of aromatic amines is 1. The molecule has 1 aromatic carbocycles. The Kier molecular flexibility index (Phi) is 3.16. The first-order valence-electron chi connectivity index (χ1n) is 8.65. The normalized spacial score (nSPS) is 17.3. The maximum absolute atomic E-state index is 12.8. The molecule has 0 radical (unpaired) electrons. The summed E-state index contributed by atoms with van der Waals surface area (Å²) in [5, 5.41) is 1.84. The van der Waals surface area contributed by atoms with Crippen molar-refractivity contribution >= 4 is 32.5 Å². The van der Waals surface area contributed by atoms with Gasteiger partial charge >= 0.3 is 0 Å². The number of fused-ring (bicyclic) bond motifs is 4. The number of aryl methyl sites for hydroxylation is 2. The molecule has 4 nitrogen and oxygen atoms in total. The van der Waals surface area contributed by atoms with Gasteiger partial charge in [-0.25, -0.2) is 4.98 Å². The van der Waals surface area contributed by atoms with Gasteiger partial charge in [-0.2, -0.15) is 0 Å². The number of furan rings is 1. The number of nitrogens with zero attached hydrogens (tertiary/aromatic N) is 1. The van der Waals surface area contributed by atoms with Gasteiger partial charge in [0.2, 0.25) is 0 Å². The quantitative estimate of drug-likeness (QED) is 0.535. The number of nitrogens with one attached hydrogen (secondary N) is 1. The monoisotopic (exact) mass is 350 g/mol. The van der Waals surface area contributed by atoms with E-state index in [2.05, 4.69) is 11.9 Å². The highest BCUT2D eigenvalue weighted by atomic mass is 32.1. The SMILES string of the molecule is Cc1c(-c2nc3sc4c(c3c(=O)[nH]2)CCC(C)C4)oc2ccccc12. The van der Waals surface area contributed by atoms with Gasteiger partial charge in [0.05, 0.1) is 5.39 Å². The topological polar surface area (TPSA) is 58.9 Å². The third-order valence-electron chi connectivity index (χ3n) is 5.22. The van der Waals surface area contributed by atoms with Crippen LogP contribution in [0.1, 0.15) is 29.3 Å². The molecule has 1 unspecified atom stereocenters. The van der Waals surface area contributed by atoms with Crippen molar-refractivity contribution < 1.29 is 4.42 Å². The number of aromatic nitrogens is 2. The van der Waals surface area contributed by atoms with E-state index in [9.17, 15) is 4.79 Å². The lowest BCUT2D eigenvalue weighted by atomic mass is 9.89. The van der Waals surface area contributed by atoms with Crippen molar-refractivity contribution in [3.8, 4) is 11.6 Å². The largest absolute Gasteiger partial charge is 0.453 e. The van der Waals surface area contributed by atoms with E-state index >= 15 is 0 Å². The Bertz CT molecular complexity index is 1180. The lowest BCUT2D eigenvalue weighted by Crippen LogP contribution is -2.13. The molecule has 126 valence electrons. The highest BCUT2D eigenvalue weighted by Gasteiger charge is 2.24. The van der Waals surface area contributed by atoms with Crippen molar-refractivity contribution in [1.29, 1.82) is 0 Å². The Morgan fingerprint density at radius 1 is 1.32 bits per heavy atom. The average molecular weight is 350 g/mol. The van der Waals surface area contributed by atoms with E-state index in [-0.39, 0.29) is 5.56 Å². The molecule has 3 heterocycles. The Hall–Kier alpha value is -2.40. The molecule has 0 fully saturated rings. The van der Waals surface area contributed by atoms with Gasteiger partial charge in [0.25, 0.3) is 5.56 Å². The van der Waals surface area contributed by atoms with E-state index in [1.807, 2.05) is 31.2 Å². The van der Waals surface area contributed by atoms with E-state index in [0.717, 1.165) is 46.0 Å². The fraction of sp³-hybridized carbons (Fsp3) is 0.300. The molecular weight excluding hydrogens is 332 g/mol. The standard InChI is InChI=1S/C20H18N2O2S/c1-10-7-8-13-15(9-10)25-20-16(13)19(23)21-18(22-20)17-11(2)12-5-3-4-6-14(12)24-17/h3-6,10H,7-9H2,1-2H3,(H,21,22,23). The van der Waals surface area contributed by atoms with Gasteiger partial charge < -0.3 is 9.40 Å². The second kappa shape index (κ2) is 5.30. The molecule has 0 saturated heterocycles. The van der Waals surface area contributed by atoms with Gasteiger partial charge in [0.15, 0.2) is 11.6 Å². The van der Waals surface area contributed by atoms with Crippen molar-refractivity contribution in [1.82, 2.24) is 9.97 Å². The Morgan fingerprint density at radius 2 is 2.16 bits per heavy atom. The summed E-state index contributed by atoms with van der Waals surface area (Å²) < 4.78 is 5.98. The number of H-pyrrole nitrogens is 1. The van der Waals surface area contributed by atoms with Gasteiger partial charge in [-0.1, -0.05) is 25.1 Å². The Balaban J connectivity index is 1.75. The first kappa shape index (κ1) is 14.9. The molecular formula is C20H18N2O2S. The zero-order valence-electron chi connectivity index (χ0n) is 14.2. The van der Waals surface area contributed by atoms with Gasteiger partial charge in [0.1, 0.15) is 10.4 Å². The fourth-order valence-electron chi connectivity index (χ4n) is 3.86. The number of benzene rings is 1. The summed E-state index contributed by atoms with van der Waals surface area (Å²) in [4.78, 5) is 22.7. The van der Waals surface area contributed by atoms with Gasteiger partial charge in [-0.05, 0) is 43.7 Å². The maximum Gasteiger partial charge on any atom is 0.260 e. The van der Waals surface area contributed by atoms with Crippen LogP contribution < -0.4 is 5.56 Å². The van der Waals surface area contributed by atoms with E-state index in [1.165, 1.54) is 10.4 Å². The molecule has 1 atom stereocenters. The molecule has 1 aliphatic carbocycles. The predicted octanol–water partition coefficient (Wildman–Crippen LogP) is 4.83. The second-order valence-corrected chi connectivity index (χ2v) is 8.08. The van der Waals surface area contributed by atoms with Crippen LogP contribution in [0.5, 0.6) is 0 Å². The highest BCUT2D eigenvalue weighted by Crippen LogP contribution is 2.37. The summed E-state index contributed by atoms with van der Waals surface area (Å²) in [6.45, 7) is 4.28. The number of para-hydroxylation sites is 1. The maximum atomic E-state index is 12.8. The molecule has 0 saturated carbocycles. The summed E-state index contributed by atoms with van der Waals surface area (Å²) >= 11 is 1.67. The van der Waals surface area contributed by atoms with Crippen molar-refractivity contribution in [3.63, 3.8) is 0 Å². The van der Waals surface area contributed by atoms with Crippen LogP contribution in [0.4, 0.5) is 0 Å². The molecule has 3 aromatic heterocycles. The zero-order chi connectivity index (χ0) is 17.1. The number of thiophene rings is 1. The van der Waals surface area contributed by atoms with Gasteiger partial charge in [-0.15, -0.1) is 11.3 Å². The number of hydrogen-bond acceptors (Lipinski definition) is 4. The Morgan fingerprint density at radius 3 is 3.00 bits per heavy atom. The van der Waals surface area contributed by atoms with Crippen molar-refractivity contribution in [2.24, 2.45) is 5.92 Å². The third kappa shape index (κ3) is 2.19. The van der Waals surface area contributed by atoms with Gasteiger partial charge in [-0.3, -0.25) is 4.79 Å². The number of hydrogen-bond donors (Lipinski definition) is 1. The molecule has 0 amide bonds. The molecule has 5 rings (SSSR count). The molecule has 0 spiro atoms. The highest BCUT2D eigenvalue weighted by molar-refractivity contribution is 7.18. The van der Waals surface area contributed by atoms with Crippen LogP contribution in [-0.2, 0) is 12.8 Å². The summed E-state index contributed by atoms with van der Waals surface area (Å²) in [6, 6.07) is 7.90. The van der Waals surface area contributed by atoms with Crippen molar-refractivity contribution in [3.05, 3.63) is 50.6 Å². The molecule has 4 aromatic rings. The van der Waals surface area contributed by atoms with Crippen LogP contribution in [-0.4, -0.2) is 9.97 Å². The fourth-order valence-corrected chi connectivity index (χ4v) is 5.24. The summed E-state index contributed by atoms with van der Waals surface area (Å²) in [5.74, 6) is 1.86. The van der Waals surface area contributed by atoms with Crippen LogP contribution >= 0.6 is 11.3 Å². The van der Waals surface area contributed by atoms with E-state index in [0.29, 0.717) is 17.5 Å². The van der Waals surface area contributed by atoms with Crippen LogP contribution in [0.2, 0.25) is 0 Å². The third-order valence-corrected chi connectivity index (χ3v) is 6.37. The van der Waals surface area contributed by atoms with Crippen molar-refractivity contribution in [2.75, 3.05) is 0 Å². The zero-order valence-corrected chi connectivity index (χ0v) is 15.0. The van der Waals surface area contributed by atoms with Gasteiger partial charge in [0, 0.05) is 15.8 Å². The van der Waals surface area contributed by atoms with Crippen LogP contribution in [0.15, 0.2) is 33.5 Å². The molecule has 0 bridgehead atoms. The molecule has 0 aliphatic heterocycles. The Labute approximate surface area is 148 Å². The molecule has 1 aliphatic rings. The minimum Gasteiger partial charge on any atom is -0.453 e. The number of rotatable bonds is 1. The second-order valence-electron chi connectivity index (χ2n) is 7.00. The summed E-state index contributed by atoms with van der Waals surface area (Å²) in [7, 11) is 0. The predicted molar refractivity (Wildman–Crippen MR) is 101 cm³/mol. The first-order valence-corrected chi connectivity index (χ1v) is 9.46. The van der Waals surface area contributed by atoms with E-state index in [4.69, 9.17) is 9.40 Å². The first-order chi connectivity index (χ1) is 12.1. The lowest BCUT2D eigenvalue weighted by molar-refractivity contribution is 0.509. The minimum absolute atomic E-state index is 0.0492. The molecule has 25 heavy (non-hydrogen) atoms. The van der Waals surface area contributed by atoms with E-state index in [1.54, 1.807) is 11.3 Å². The molecule has 5 heteroatoms.